The fourth-order valence-corrected chi connectivity index (χ4v) is 4.32. The Bertz CT molecular complexity index is 594. The van der Waals surface area contributed by atoms with Crippen molar-refractivity contribution < 1.29 is 9.90 Å². The second-order valence-corrected chi connectivity index (χ2v) is 7.36. The van der Waals surface area contributed by atoms with Gasteiger partial charge in [0.05, 0.1) is 6.10 Å². The normalized spacial score (nSPS) is 27.9. The molecule has 136 valence electrons. The Labute approximate surface area is 148 Å². The molecule has 0 aromatic carbocycles. The van der Waals surface area contributed by atoms with Crippen LogP contribution in [0.15, 0.2) is 12.1 Å². The minimum Gasteiger partial charge on any atom is -0.391 e. The molecule has 0 unspecified atom stereocenters. The van der Waals surface area contributed by atoms with Crippen LogP contribution in [0.1, 0.15) is 42.6 Å². The van der Waals surface area contributed by atoms with E-state index in [1.165, 1.54) is 12.8 Å². The Balaban J connectivity index is 1.34. The van der Waals surface area contributed by atoms with Crippen LogP contribution in [-0.2, 0) is 0 Å². The summed E-state index contributed by atoms with van der Waals surface area (Å²) in [6, 6.07) is 3.99. The summed E-state index contributed by atoms with van der Waals surface area (Å²) in [7, 11) is 0. The van der Waals surface area contributed by atoms with Crippen LogP contribution in [0.2, 0.25) is 0 Å². The van der Waals surface area contributed by atoms with E-state index in [2.05, 4.69) is 20.0 Å². The summed E-state index contributed by atoms with van der Waals surface area (Å²) in [5.74, 6) is 0.834. The lowest BCUT2D eigenvalue weighted by Gasteiger charge is -2.38. The zero-order chi connectivity index (χ0) is 17.2. The Morgan fingerprint density at radius 3 is 2.32 bits per heavy atom. The molecule has 1 aromatic heterocycles. The molecule has 1 aliphatic carbocycles. The van der Waals surface area contributed by atoms with Gasteiger partial charge in [-0.25, -0.2) is 0 Å². The number of rotatable bonds is 3. The van der Waals surface area contributed by atoms with Crippen molar-refractivity contribution >= 4 is 11.7 Å². The molecular formula is C18H27N5O2. The molecule has 2 saturated heterocycles. The van der Waals surface area contributed by atoms with Gasteiger partial charge in [-0.1, -0.05) is 0 Å². The van der Waals surface area contributed by atoms with E-state index >= 15 is 0 Å². The number of aliphatic hydroxyl groups is 1. The van der Waals surface area contributed by atoms with Gasteiger partial charge in [0.15, 0.2) is 11.5 Å². The molecule has 1 saturated carbocycles. The van der Waals surface area contributed by atoms with E-state index in [0.717, 1.165) is 51.3 Å². The fourth-order valence-electron chi connectivity index (χ4n) is 4.32. The first-order chi connectivity index (χ1) is 12.2. The van der Waals surface area contributed by atoms with E-state index in [9.17, 15) is 9.90 Å². The Morgan fingerprint density at radius 1 is 0.960 bits per heavy atom. The fraction of sp³-hybridized carbons (Fsp3) is 0.722. The molecule has 0 radical (unpaired) electrons. The largest absolute Gasteiger partial charge is 0.391 e. The summed E-state index contributed by atoms with van der Waals surface area (Å²) in [6.07, 6.45) is 5.27. The lowest BCUT2D eigenvalue weighted by Crippen LogP contribution is -2.53. The van der Waals surface area contributed by atoms with Crippen molar-refractivity contribution in [1.29, 1.82) is 0 Å². The molecule has 3 aliphatic rings. The summed E-state index contributed by atoms with van der Waals surface area (Å²) in [5.41, 5.74) is 0.428. The molecule has 1 aromatic rings. The van der Waals surface area contributed by atoms with E-state index < -0.39 is 0 Å². The highest BCUT2D eigenvalue weighted by atomic mass is 16.3. The molecule has 3 heterocycles. The molecule has 0 spiro atoms. The van der Waals surface area contributed by atoms with Crippen LogP contribution in [0.25, 0.3) is 0 Å². The van der Waals surface area contributed by atoms with E-state index in [4.69, 9.17) is 0 Å². The highest BCUT2D eigenvalue weighted by Crippen LogP contribution is 2.25. The first-order valence-corrected chi connectivity index (χ1v) is 9.52. The number of hydrogen-bond acceptors (Lipinski definition) is 6. The number of nitrogens with zero attached hydrogens (tertiary/aromatic N) is 5. The lowest BCUT2D eigenvalue weighted by molar-refractivity contribution is 0.0312. The number of anilines is 1. The van der Waals surface area contributed by atoms with E-state index in [0.29, 0.717) is 18.8 Å². The molecule has 2 aliphatic heterocycles. The zero-order valence-electron chi connectivity index (χ0n) is 14.7. The standard InChI is InChI=1S/C18H27N5O2/c24-16-5-3-4-15(16)21-10-12-23(13-11-21)18(25)14-6-7-17(20-19-14)22-8-1-2-9-22/h6-7,15-16,24H,1-5,8-13H2/t15-,16+/m0/s1. The van der Waals surface area contributed by atoms with Gasteiger partial charge in [0, 0.05) is 45.3 Å². The minimum absolute atomic E-state index is 0.0351. The monoisotopic (exact) mass is 345 g/mol. The maximum atomic E-state index is 12.7. The highest BCUT2D eigenvalue weighted by Gasteiger charge is 2.33. The molecular weight excluding hydrogens is 318 g/mol. The second-order valence-electron chi connectivity index (χ2n) is 7.36. The molecule has 4 rings (SSSR count). The van der Waals surface area contributed by atoms with Crippen molar-refractivity contribution in [3.8, 4) is 0 Å². The van der Waals surface area contributed by atoms with E-state index in [-0.39, 0.29) is 18.1 Å². The number of aliphatic hydroxyl groups excluding tert-OH is 1. The van der Waals surface area contributed by atoms with Crippen LogP contribution < -0.4 is 4.90 Å². The van der Waals surface area contributed by atoms with Crippen LogP contribution >= 0.6 is 0 Å². The SMILES string of the molecule is O=C(c1ccc(N2CCCC2)nn1)N1CCN([C@H]2CCC[C@H]2O)CC1. The average Bonchev–Trinajstić information content (AvgIpc) is 3.33. The number of amides is 1. The quantitative estimate of drug-likeness (QED) is 0.871. The van der Waals surface area contributed by atoms with Gasteiger partial charge in [-0.05, 0) is 44.2 Å². The maximum absolute atomic E-state index is 12.7. The van der Waals surface area contributed by atoms with Crippen LogP contribution in [0.5, 0.6) is 0 Å². The molecule has 7 nitrogen and oxygen atoms in total. The first-order valence-electron chi connectivity index (χ1n) is 9.52. The number of piperazine rings is 1. The third-order valence-electron chi connectivity index (χ3n) is 5.81. The molecule has 0 bridgehead atoms. The summed E-state index contributed by atoms with van der Waals surface area (Å²) >= 11 is 0. The van der Waals surface area contributed by atoms with Crippen molar-refractivity contribution in [2.45, 2.75) is 44.2 Å². The Morgan fingerprint density at radius 2 is 1.72 bits per heavy atom. The maximum Gasteiger partial charge on any atom is 0.274 e. The van der Waals surface area contributed by atoms with E-state index in [1.54, 1.807) is 6.07 Å². The van der Waals surface area contributed by atoms with Gasteiger partial charge in [-0.15, -0.1) is 10.2 Å². The second kappa shape index (κ2) is 7.25. The van der Waals surface area contributed by atoms with Gasteiger partial charge >= 0.3 is 0 Å². The number of hydrogen-bond donors (Lipinski definition) is 1. The molecule has 1 N–H and O–H groups in total. The van der Waals surface area contributed by atoms with Crippen molar-refractivity contribution in [2.24, 2.45) is 0 Å². The van der Waals surface area contributed by atoms with Crippen molar-refractivity contribution in [1.82, 2.24) is 20.0 Å². The summed E-state index contributed by atoms with van der Waals surface area (Å²) in [5, 5.41) is 18.5. The van der Waals surface area contributed by atoms with Crippen molar-refractivity contribution in [2.75, 3.05) is 44.2 Å². The number of carbonyl (C=O) groups is 1. The van der Waals surface area contributed by atoms with Gasteiger partial charge in [-0.2, -0.15) is 0 Å². The molecule has 1 amide bonds. The Kier molecular flexibility index (Phi) is 4.85. The van der Waals surface area contributed by atoms with Gasteiger partial charge < -0.3 is 14.9 Å². The van der Waals surface area contributed by atoms with E-state index in [1.807, 2.05) is 11.0 Å². The van der Waals surface area contributed by atoms with Crippen molar-refractivity contribution in [3.05, 3.63) is 17.8 Å². The van der Waals surface area contributed by atoms with Crippen LogP contribution in [0.3, 0.4) is 0 Å². The first kappa shape index (κ1) is 16.7. The highest BCUT2D eigenvalue weighted by molar-refractivity contribution is 5.92. The number of aromatic nitrogens is 2. The third kappa shape index (κ3) is 3.48. The third-order valence-corrected chi connectivity index (χ3v) is 5.81. The van der Waals surface area contributed by atoms with Crippen LogP contribution in [-0.4, -0.2) is 82.4 Å². The predicted molar refractivity (Wildman–Crippen MR) is 94.6 cm³/mol. The molecule has 2 atom stereocenters. The minimum atomic E-state index is -0.203. The van der Waals surface area contributed by atoms with Gasteiger partial charge in [0.1, 0.15) is 0 Å². The zero-order valence-corrected chi connectivity index (χ0v) is 14.7. The predicted octanol–water partition coefficient (Wildman–Crippen LogP) is 0.748. The summed E-state index contributed by atoms with van der Waals surface area (Å²) in [4.78, 5) is 19.1. The average molecular weight is 345 g/mol. The number of carbonyl (C=O) groups excluding carboxylic acids is 1. The molecule has 7 heteroatoms. The lowest BCUT2D eigenvalue weighted by atomic mass is 10.1. The molecule has 25 heavy (non-hydrogen) atoms. The van der Waals surface area contributed by atoms with Gasteiger partial charge in [-0.3, -0.25) is 9.69 Å². The van der Waals surface area contributed by atoms with Gasteiger partial charge in [0.25, 0.3) is 5.91 Å². The Hall–Kier alpha value is -1.73. The van der Waals surface area contributed by atoms with Gasteiger partial charge in [0.2, 0.25) is 0 Å². The van der Waals surface area contributed by atoms with Crippen LogP contribution in [0.4, 0.5) is 5.82 Å². The van der Waals surface area contributed by atoms with Crippen LogP contribution in [0, 0.1) is 0 Å². The summed E-state index contributed by atoms with van der Waals surface area (Å²) in [6.45, 7) is 5.09. The topological polar surface area (TPSA) is 72.8 Å². The molecule has 3 fully saturated rings. The van der Waals surface area contributed by atoms with Crippen molar-refractivity contribution in [3.63, 3.8) is 0 Å². The smallest absolute Gasteiger partial charge is 0.274 e. The summed E-state index contributed by atoms with van der Waals surface area (Å²) < 4.78 is 0.